The van der Waals surface area contributed by atoms with E-state index in [1.807, 2.05) is 6.07 Å². The Bertz CT molecular complexity index is 803. The molecule has 1 aromatic heterocycles. The minimum Gasteiger partial charge on any atom is -0.486 e. The Morgan fingerprint density at radius 2 is 1.81 bits per heavy atom. The summed E-state index contributed by atoms with van der Waals surface area (Å²) in [5.41, 5.74) is 7.07. The van der Waals surface area contributed by atoms with Crippen LogP contribution >= 0.6 is 0 Å². The van der Waals surface area contributed by atoms with Crippen LogP contribution in [0.3, 0.4) is 0 Å². The predicted molar refractivity (Wildman–Crippen MR) is 97.7 cm³/mol. The van der Waals surface area contributed by atoms with Crippen LogP contribution in [0.5, 0.6) is 11.5 Å². The first-order valence-electron chi connectivity index (χ1n) is 8.81. The average molecular weight is 354 g/mol. The average Bonchev–Trinajstić information content (AvgIpc) is 2.68. The first-order chi connectivity index (χ1) is 12.7. The van der Waals surface area contributed by atoms with E-state index in [1.54, 1.807) is 18.3 Å². The monoisotopic (exact) mass is 354 g/mol. The molecule has 0 aliphatic carbocycles. The minimum atomic E-state index is -0.425. The normalized spacial score (nSPS) is 17.2. The first kappa shape index (κ1) is 16.7. The molecule has 0 unspecified atom stereocenters. The Morgan fingerprint density at radius 3 is 2.58 bits per heavy atom. The van der Waals surface area contributed by atoms with Gasteiger partial charge >= 0.3 is 0 Å². The zero-order chi connectivity index (χ0) is 17.9. The number of piperazine rings is 1. The van der Waals surface area contributed by atoms with E-state index in [-0.39, 0.29) is 0 Å². The standard InChI is InChI=1S/C19H22N4O3/c20-19(24)15-3-4-21-18(12-15)23-7-5-22(6-8-23)13-14-1-2-16-17(11-14)26-10-9-25-16/h1-4,11-12H,5-10,13H2,(H2,20,24). The van der Waals surface area contributed by atoms with Crippen LogP contribution in [0.1, 0.15) is 15.9 Å². The summed E-state index contributed by atoms with van der Waals surface area (Å²) >= 11 is 0. The highest BCUT2D eigenvalue weighted by Crippen LogP contribution is 2.31. The number of aromatic nitrogens is 1. The van der Waals surface area contributed by atoms with Crippen LogP contribution in [0.15, 0.2) is 36.5 Å². The number of fused-ring (bicyclic) bond motifs is 1. The highest BCUT2D eigenvalue weighted by atomic mass is 16.6. The van der Waals surface area contributed by atoms with E-state index in [0.29, 0.717) is 18.8 Å². The molecule has 0 bridgehead atoms. The van der Waals surface area contributed by atoms with Crippen molar-refractivity contribution in [3.8, 4) is 11.5 Å². The minimum absolute atomic E-state index is 0.425. The molecule has 0 radical (unpaired) electrons. The van der Waals surface area contributed by atoms with Gasteiger partial charge in [-0.25, -0.2) is 4.98 Å². The Kier molecular flexibility index (Phi) is 4.62. The maximum atomic E-state index is 11.3. The molecule has 1 aromatic carbocycles. The van der Waals surface area contributed by atoms with Crippen molar-refractivity contribution >= 4 is 11.7 Å². The van der Waals surface area contributed by atoms with E-state index >= 15 is 0 Å². The molecule has 2 aliphatic rings. The number of primary amides is 1. The van der Waals surface area contributed by atoms with Gasteiger partial charge in [0.1, 0.15) is 19.0 Å². The van der Waals surface area contributed by atoms with E-state index in [4.69, 9.17) is 15.2 Å². The number of rotatable bonds is 4. The van der Waals surface area contributed by atoms with Gasteiger partial charge < -0.3 is 20.1 Å². The molecule has 7 heteroatoms. The molecule has 1 saturated heterocycles. The van der Waals surface area contributed by atoms with Gasteiger partial charge in [-0.05, 0) is 29.8 Å². The summed E-state index contributed by atoms with van der Waals surface area (Å²) in [4.78, 5) is 20.3. The van der Waals surface area contributed by atoms with E-state index in [2.05, 4.69) is 26.9 Å². The number of nitrogens with zero attached hydrogens (tertiary/aromatic N) is 3. The zero-order valence-corrected chi connectivity index (χ0v) is 14.6. The van der Waals surface area contributed by atoms with Crippen LogP contribution in [0.2, 0.25) is 0 Å². The molecule has 3 heterocycles. The van der Waals surface area contributed by atoms with Gasteiger partial charge in [0.05, 0.1) is 0 Å². The lowest BCUT2D eigenvalue weighted by atomic mass is 10.1. The summed E-state index contributed by atoms with van der Waals surface area (Å²) in [6.07, 6.45) is 1.64. The lowest BCUT2D eigenvalue weighted by Crippen LogP contribution is -2.46. The number of benzene rings is 1. The summed E-state index contributed by atoms with van der Waals surface area (Å²) in [5.74, 6) is 2.04. The lowest BCUT2D eigenvalue weighted by molar-refractivity contribution is 0.1000. The van der Waals surface area contributed by atoms with E-state index in [9.17, 15) is 4.79 Å². The quantitative estimate of drug-likeness (QED) is 0.891. The third-order valence-electron chi connectivity index (χ3n) is 4.74. The molecule has 1 fully saturated rings. The largest absolute Gasteiger partial charge is 0.486 e. The smallest absolute Gasteiger partial charge is 0.248 e. The van der Waals surface area contributed by atoms with Gasteiger partial charge in [-0.1, -0.05) is 6.07 Å². The van der Waals surface area contributed by atoms with Crippen molar-refractivity contribution in [1.29, 1.82) is 0 Å². The predicted octanol–water partition coefficient (Wildman–Crippen LogP) is 1.27. The Morgan fingerprint density at radius 1 is 1.04 bits per heavy atom. The van der Waals surface area contributed by atoms with Crippen LogP contribution in [0, 0.1) is 0 Å². The molecular formula is C19H22N4O3. The van der Waals surface area contributed by atoms with Gasteiger partial charge in [-0.15, -0.1) is 0 Å². The van der Waals surface area contributed by atoms with Gasteiger partial charge in [-0.3, -0.25) is 9.69 Å². The van der Waals surface area contributed by atoms with Gasteiger partial charge in [0, 0.05) is 44.5 Å². The number of hydrogen-bond donors (Lipinski definition) is 1. The number of hydrogen-bond acceptors (Lipinski definition) is 6. The molecule has 2 aromatic rings. The van der Waals surface area contributed by atoms with Crippen LogP contribution in [0.25, 0.3) is 0 Å². The highest BCUT2D eigenvalue weighted by molar-refractivity contribution is 5.93. The topological polar surface area (TPSA) is 80.9 Å². The Labute approximate surface area is 152 Å². The lowest BCUT2D eigenvalue weighted by Gasteiger charge is -2.35. The molecular weight excluding hydrogens is 332 g/mol. The Hall–Kier alpha value is -2.80. The van der Waals surface area contributed by atoms with Crippen LogP contribution in [-0.2, 0) is 6.54 Å². The molecule has 0 spiro atoms. The third kappa shape index (κ3) is 3.57. The fourth-order valence-corrected chi connectivity index (χ4v) is 3.32. The van der Waals surface area contributed by atoms with Crippen LogP contribution in [-0.4, -0.2) is 55.2 Å². The molecule has 4 rings (SSSR count). The number of anilines is 1. The molecule has 7 nitrogen and oxygen atoms in total. The van der Waals surface area contributed by atoms with Crippen molar-refractivity contribution in [1.82, 2.24) is 9.88 Å². The summed E-state index contributed by atoms with van der Waals surface area (Å²) < 4.78 is 11.2. The molecule has 0 atom stereocenters. The third-order valence-corrected chi connectivity index (χ3v) is 4.74. The van der Waals surface area contributed by atoms with E-state index < -0.39 is 5.91 Å². The van der Waals surface area contributed by atoms with Crippen molar-refractivity contribution in [2.24, 2.45) is 5.73 Å². The second-order valence-corrected chi connectivity index (χ2v) is 6.51. The fourth-order valence-electron chi connectivity index (χ4n) is 3.32. The van der Waals surface area contributed by atoms with Crippen molar-refractivity contribution in [2.45, 2.75) is 6.54 Å². The number of carbonyl (C=O) groups is 1. The number of pyridine rings is 1. The summed E-state index contributed by atoms with van der Waals surface area (Å²) in [6.45, 7) is 5.67. The van der Waals surface area contributed by atoms with Crippen molar-refractivity contribution in [3.05, 3.63) is 47.7 Å². The zero-order valence-electron chi connectivity index (χ0n) is 14.6. The fraction of sp³-hybridized carbons (Fsp3) is 0.368. The highest BCUT2D eigenvalue weighted by Gasteiger charge is 2.20. The van der Waals surface area contributed by atoms with Crippen LogP contribution < -0.4 is 20.1 Å². The molecule has 136 valence electrons. The molecule has 0 saturated carbocycles. The van der Waals surface area contributed by atoms with E-state index in [0.717, 1.165) is 50.0 Å². The van der Waals surface area contributed by atoms with Gasteiger partial charge in [0.25, 0.3) is 0 Å². The molecule has 2 aliphatic heterocycles. The van der Waals surface area contributed by atoms with Crippen LogP contribution in [0.4, 0.5) is 5.82 Å². The van der Waals surface area contributed by atoms with Gasteiger partial charge in [0.2, 0.25) is 5.91 Å². The number of ether oxygens (including phenoxy) is 2. The van der Waals surface area contributed by atoms with Gasteiger partial charge in [0.15, 0.2) is 11.5 Å². The van der Waals surface area contributed by atoms with Crippen molar-refractivity contribution in [2.75, 3.05) is 44.3 Å². The molecule has 2 N–H and O–H groups in total. The number of carbonyl (C=O) groups excluding carboxylic acids is 1. The van der Waals surface area contributed by atoms with E-state index in [1.165, 1.54) is 5.56 Å². The second kappa shape index (κ2) is 7.21. The Balaban J connectivity index is 1.36. The van der Waals surface area contributed by atoms with Crippen molar-refractivity contribution in [3.63, 3.8) is 0 Å². The molecule has 1 amide bonds. The maximum Gasteiger partial charge on any atom is 0.248 e. The molecule has 26 heavy (non-hydrogen) atoms. The number of amides is 1. The summed E-state index contributed by atoms with van der Waals surface area (Å²) in [7, 11) is 0. The van der Waals surface area contributed by atoms with Crippen molar-refractivity contribution < 1.29 is 14.3 Å². The summed E-state index contributed by atoms with van der Waals surface area (Å²) in [6, 6.07) is 9.55. The second-order valence-electron chi connectivity index (χ2n) is 6.51. The number of nitrogens with two attached hydrogens (primary N) is 1. The first-order valence-corrected chi connectivity index (χ1v) is 8.81. The maximum absolute atomic E-state index is 11.3. The van der Waals surface area contributed by atoms with Gasteiger partial charge in [-0.2, -0.15) is 0 Å². The summed E-state index contributed by atoms with van der Waals surface area (Å²) in [5, 5.41) is 0. The SMILES string of the molecule is NC(=O)c1ccnc(N2CCN(Cc3ccc4c(c3)OCCO4)CC2)c1.